The number of nitrogens with one attached hydrogen (secondary N) is 1. The van der Waals surface area contributed by atoms with Crippen molar-refractivity contribution in [3.63, 3.8) is 0 Å². The number of benzene rings is 2. The van der Waals surface area contributed by atoms with E-state index >= 15 is 0 Å². The van der Waals surface area contributed by atoms with Crippen LogP contribution in [0.1, 0.15) is 30.6 Å². The lowest BCUT2D eigenvalue weighted by molar-refractivity contribution is 0.0527. The molecule has 0 unspecified atom stereocenters. The summed E-state index contributed by atoms with van der Waals surface area (Å²) in [6.45, 7) is 8.15. The van der Waals surface area contributed by atoms with Crippen LogP contribution >= 0.6 is 11.6 Å². The minimum absolute atomic E-state index is 0.0148. The van der Waals surface area contributed by atoms with E-state index in [0.29, 0.717) is 23.5 Å². The van der Waals surface area contributed by atoms with Gasteiger partial charge < -0.3 is 24.6 Å². The van der Waals surface area contributed by atoms with E-state index in [-0.39, 0.29) is 17.2 Å². The second-order valence-electron chi connectivity index (χ2n) is 8.44. The fraction of sp³-hybridized carbons (Fsp3) is 0.385. The quantitative estimate of drug-likeness (QED) is 0.430. The van der Waals surface area contributed by atoms with Gasteiger partial charge in [0.1, 0.15) is 17.1 Å². The van der Waals surface area contributed by atoms with Crippen LogP contribution < -0.4 is 15.0 Å². The number of hydrogen-bond acceptors (Lipinski definition) is 7. The van der Waals surface area contributed by atoms with E-state index in [1.165, 1.54) is 18.3 Å². The maximum absolute atomic E-state index is 13.8. The summed E-state index contributed by atoms with van der Waals surface area (Å²) in [7, 11) is 2.12. The van der Waals surface area contributed by atoms with Gasteiger partial charge in [-0.05, 0) is 58.1 Å². The van der Waals surface area contributed by atoms with Crippen LogP contribution in [0, 0.1) is 5.82 Å². The number of carbonyl (C=O) groups is 1. The highest BCUT2D eigenvalue weighted by Crippen LogP contribution is 2.39. The average Bonchev–Trinajstić information content (AvgIpc) is 3.06. The number of pyridine rings is 1. The second kappa shape index (κ2) is 11.1. The fourth-order valence-corrected chi connectivity index (χ4v) is 4.41. The van der Waals surface area contributed by atoms with Crippen molar-refractivity contribution in [2.75, 3.05) is 56.7 Å². The topological polar surface area (TPSA) is 66.9 Å². The first-order chi connectivity index (χ1) is 16.9. The largest absolute Gasteiger partial charge is 0.492 e. The highest BCUT2D eigenvalue weighted by atomic mass is 35.5. The highest BCUT2D eigenvalue weighted by Gasteiger charge is 2.22. The summed E-state index contributed by atoms with van der Waals surface area (Å²) < 4.78 is 25.1. The zero-order valence-electron chi connectivity index (χ0n) is 20.2. The Balaban J connectivity index is 1.88. The average molecular weight is 501 g/mol. The molecular formula is C26H30ClFN4O3. The summed E-state index contributed by atoms with van der Waals surface area (Å²) in [5.41, 5.74) is 2.95. The standard InChI is InChI=1S/C26H30ClFN4O3/c1-4-34-24-15-22-18(14-23(24)32-10-6-9-31(3)11-12-32)25(19(16-29-22)26(33)35-5-2)30-17-7-8-21(28)20(27)13-17/h7-8,13-16H,4-6,9-12H2,1-3H3,(H,29,30). The van der Waals surface area contributed by atoms with Gasteiger partial charge in [0.05, 0.1) is 35.1 Å². The third-order valence-electron chi connectivity index (χ3n) is 5.99. The fourth-order valence-electron chi connectivity index (χ4n) is 4.23. The number of fused-ring (bicyclic) bond motifs is 1. The first kappa shape index (κ1) is 25.0. The van der Waals surface area contributed by atoms with Crippen LogP contribution in [0.15, 0.2) is 36.5 Å². The van der Waals surface area contributed by atoms with Gasteiger partial charge in [-0.3, -0.25) is 4.98 Å². The van der Waals surface area contributed by atoms with Crippen LogP contribution in [-0.2, 0) is 4.74 Å². The number of halogens is 2. The van der Waals surface area contributed by atoms with E-state index in [0.717, 1.165) is 49.4 Å². The number of likely N-dealkylation sites (N-methyl/N-ethyl adjacent to an activating group) is 1. The van der Waals surface area contributed by atoms with Crippen LogP contribution in [-0.4, -0.2) is 62.3 Å². The molecule has 0 aliphatic carbocycles. The Morgan fingerprint density at radius 2 is 1.97 bits per heavy atom. The van der Waals surface area contributed by atoms with Crippen molar-refractivity contribution in [3.05, 3.63) is 52.9 Å². The number of carbonyl (C=O) groups excluding carboxylic acids is 1. The van der Waals surface area contributed by atoms with Gasteiger partial charge in [0, 0.05) is 43.0 Å². The van der Waals surface area contributed by atoms with Gasteiger partial charge in [-0.2, -0.15) is 0 Å². The second-order valence-corrected chi connectivity index (χ2v) is 8.84. The zero-order valence-corrected chi connectivity index (χ0v) is 21.0. The van der Waals surface area contributed by atoms with E-state index in [1.54, 1.807) is 13.0 Å². The Kier molecular flexibility index (Phi) is 7.93. The molecule has 1 N–H and O–H groups in total. The molecule has 1 fully saturated rings. The predicted molar refractivity (Wildman–Crippen MR) is 138 cm³/mol. The molecule has 1 aromatic heterocycles. The first-order valence-electron chi connectivity index (χ1n) is 11.8. The summed E-state index contributed by atoms with van der Waals surface area (Å²) in [5.74, 6) is -0.265. The molecule has 0 amide bonds. The molecule has 1 aliphatic rings. The third-order valence-corrected chi connectivity index (χ3v) is 6.28. The minimum Gasteiger partial charge on any atom is -0.492 e. The molecule has 4 rings (SSSR count). The maximum atomic E-state index is 13.8. The van der Waals surface area contributed by atoms with Crippen molar-refractivity contribution in [1.82, 2.24) is 9.88 Å². The van der Waals surface area contributed by atoms with Gasteiger partial charge >= 0.3 is 5.97 Å². The van der Waals surface area contributed by atoms with Gasteiger partial charge in [-0.25, -0.2) is 9.18 Å². The molecule has 0 spiro atoms. The molecule has 0 bridgehead atoms. The van der Waals surface area contributed by atoms with Crippen LogP contribution in [0.2, 0.25) is 5.02 Å². The van der Waals surface area contributed by atoms with Crippen molar-refractivity contribution < 1.29 is 18.7 Å². The summed E-state index contributed by atoms with van der Waals surface area (Å²) in [6.07, 6.45) is 2.52. The van der Waals surface area contributed by atoms with Gasteiger partial charge in [-0.1, -0.05) is 11.6 Å². The number of rotatable bonds is 7. The summed E-state index contributed by atoms with van der Waals surface area (Å²) in [5, 5.41) is 3.98. The van der Waals surface area contributed by atoms with Crippen molar-refractivity contribution in [3.8, 4) is 5.75 Å². The molecular weight excluding hydrogens is 471 g/mol. The van der Waals surface area contributed by atoms with E-state index in [4.69, 9.17) is 21.1 Å². The van der Waals surface area contributed by atoms with E-state index in [2.05, 4.69) is 27.1 Å². The van der Waals surface area contributed by atoms with Crippen molar-refractivity contribution in [1.29, 1.82) is 0 Å². The molecule has 7 nitrogen and oxygen atoms in total. The van der Waals surface area contributed by atoms with Gasteiger partial charge in [0.15, 0.2) is 0 Å². The number of nitrogens with zero attached hydrogens (tertiary/aromatic N) is 3. The van der Waals surface area contributed by atoms with E-state index < -0.39 is 11.8 Å². The molecule has 2 aromatic carbocycles. The number of esters is 1. The monoisotopic (exact) mass is 500 g/mol. The van der Waals surface area contributed by atoms with Crippen LogP contribution in [0.4, 0.5) is 21.5 Å². The highest BCUT2D eigenvalue weighted by molar-refractivity contribution is 6.31. The molecule has 186 valence electrons. The SMILES string of the molecule is CCOC(=O)c1cnc2cc(OCC)c(N3CCCN(C)CC3)cc2c1Nc1ccc(F)c(Cl)c1. The summed E-state index contributed by atoms with van der Waals surface area (Å²) in [6, 6.07) is 8.25. The number of aromatic nitrogens is 1. The van der Waals surface area contributed by atoms with Crippen molar-refractivity contribution in [2.24, 2.45) is 0 Å². The molecule has 35 heavy (non-hydrogen) atoms. The zero-order chi connectivity index (χ0) is 24.9. The Morgan fingerprint density at radius 3 is 2.71 bits per heavy atom. The predicted octanol–water partition coefficient (Wildman–Crippen LogP) is 5.49. The lowest BCUT2D eigenvalue weighted by Gasteiger charge is -2.26. The van der Waals surface area contributed by atoms with Crippen LogP contribution in [0.3, 0.4) is 0 Å². The Bertz CT molecular complexity index is 1220. The first-order valence-corrected chi connectivity index (χ1v) is 12.2. The number of ether oxygens (including phenoxy) is 2. The molecule has 1 aliphatic heterocycles. The molecule has 1 saturated heterocycles. The van der Waals surface area contributed by atoms with Gasteiger partial charge in [-0.15, -0.1) is 0 Å². The van der Waals surface area contributed by atoms with Crippen molar-refractivity contribution >= 4 is 45.5 Å². The lowest BCUT2D eigenvalue weighted by atomic mass is 10.1. The molecule has 0 saturated carbocycles. The van der Waals surface area contributed by atoms with Gasteiger partial charge in [0.25, 0.3) is 0 Å². The molecule has 3 aromatic rings. The van der Waals surface area contributed by atoms with E-state index in [9.17, 15) is 9.18 Å². The normalized spacial score (nSPS) is 14.6. The molecule has 2 heterocycles. The van der Waals surface area contributed by atoms with Crippen LogP contribution in [0.25, 0.3) is 10.9 Å². The van der Waals surface area contributed by atoms with Crippen LogP contribution in [0.5, 0.6) is 5.75 Å². The Morgan fingerprint density at radius 1 is 1.14 bits per heavy atom. The smallest absolute Gasteiger partial charge is 0.341 e. The maximum Gasteiger partial charge on any atom is 0.341 e. The van der Waals surface area contributed by atoms with Crippen molar-refractivity contribution in [2.45, 2.75) is 20.3 Å². The Labute approximate surface area is 209 Å². The van der Waals surface area contributed by atoms with Gasteiger partial charge in [0.2, 0.25) is 0 Å². The van der Waals surface area contributed by atoms with E-state index in [1.807, 2.05) is 19.1 Å². The molecule has 0 radical (unpaired) electrons. The lowest BCUT2D eigenvalue weighted by Crippen LogP contribution is -2.29. The summed E-state index contributed by atoms with van der Waals surface area (Å²) in [4.78, 5) is 22.0. The number of hydrogen-bond donors (Lipinski definition) is 1. The Hall–Kier alpha value is -3.10. The third kappa shape index (κ3) is 5.60. The summed E-state index contributed by atoms with van der Waals surface area (Å²) >= 11 is 6.01. The molecule has 9 heteroatoms. The minimum atomic E-state index is -0.516. The number of anilines is 3. The molecule has 0 atom stereocenters.